The predicted octanol–water partition coefficient (Wildman–Crippen LogP) is 3.68. The van der Waals surface area contributed by atoms with Gasteiger partial charge in [-0.3, -0.25) is 9.69 Å². The molecule has 0 amide bonds. The van der Waals surface area contributed by atoms with E-state index in [4.69, 9.17) is 0 Å². The lowest BCUT2D eigenvalue weighted by Gasteiger charge is -2.40. The monoisotopic (exact) mass is 273 g/mol. The van der Waals surface area contributed by atoms with E-state index in [2.05, 4.69) is 50.8 Å². The molecule has 0 saturated carbocycles. The Kier molecular flexibility index (Phi) is 4.64. The lowest BCUT2D eigenvalue weighted by atomic mass is 9.88. The van der Waals surface area contributed by atoms with Gasteiger partial charge in [-0.1, -0.05) is 30.2 Å². The molecule has 2 heteroatoms. The molecule has 1 fully saturated rings. The second kappa shape index (κ2) is 6.09. The van der Waals surface area contributed by atoms with Gasteiger partial charge in [-0.2, -0.15) is 0 Å². The average molecular weight is 273 g/mol. The van der Waals surface area contributed by atoms with Crippen LogP contribution >= 0.6 is 0 Å². The van der Waals surface area contributed by atoms with E-state index in [1.54, 1.807) is 0 Å². The molecule has 1 aromatic carbocycles. The van der Waals surface area contributed by atoms with E-state index in [1.165, 1.54) is 36.0 Å². The highest BCUT2D eigenvalue weighted by atomic mass is 16.1. The van der Waals surface area contributed by atoms with Gasteiger partial charge in [-0.15, -0.1) is 0 Å². The molecule has 2 nitrogen and oxygen atoms in total. The van der Waals surface area contributed by atoms with Crippen LogP contribution in [0.2, 0.25) is 0 Å². The summed E-state index contributed by atoms with van der Waals surface area (Å²) in [5.41, 5.74) is 3.30. The summed E-state index contributed by atoms with van der Waals surface area (Å²) in [6.07, 6.45) is 4.30. The average Bonchev–Trinajstić information content (AvgIpc) is 2.43. The molecule has 1 aliphatic rings. The van der Waals surface area contributed by atoms with Crippen molar-refractivity contribution >= 4 is 5.78 Å². The van der Waals surface area contributed by atoms with Gasteiger partial charge in [0, 0.05) is 6.42 Å². The highest BCUT2D eigenvalue weighted by Gasteiger charge is 2.34. The van der Waals surface area contributed by atoms with E-state index >= 15 is 0 Å². The van der Waals surface area contributed by atoms with E-state index in [-0.39, 0.29) is 5.54 Å². The van der Waals surface area contributed by atoms with Crippen molar-refractivity contribution in [3.05, 3.63) is 34.9 Å². The minimum Gasteiger partial charge on any atom is -0.297 e. The van der Waals surface area contributed by atoms with Gasteiger partial charge in [0.15, 0.2) is 5.78 Å². The molecule has 0 spiro atoms. The van der Waals surface area contributed by atoms with Crippen LogP contribution in [0.5, 0.6) is 0 Å². The zero-order valence-corrected chi connectivity index (χ0v) is 13.3. The van der Waals surface area contributed by atoms with E-state index in [9.17, 15) is 4.79 Å². The van der Waals surface area contributed by atoms with Crippen LogP contribution in [-0.2, 0) is 11.2 Å². The first-order chi connectivity index (χ1) is 9.41. The topological polar surface area (TPSA) is 20.3 Å². The molecular formula is C18H27NO. The van der Waals surface area contributed by atoms with E-state index in [0.717, 1.165) is 13.1 Å². The van der Waals surface area contributed by atoms with Crippen LogP contribution in [-0.4, -0.2) is 29.3 Å². The molecule has 1 saturated heterocycles. The van der Waals surface area contributed by atoms with Crippen LogP contribution in [0.3, 0.4) is 0 Å². The third-order valence-corrected chi connectivity index (χ3v) is 4.68. The molecule has 1 heterocycles. The maximum atomic E-state index is 12.8. The maximum absolute atomic E-state index is 12.8. The summed E-state index contributed by atoms with van der Waals surface area (Å²) in [6.45, 7) is 10.5. The van der Waals surface area contributed by atoms with Crippen molar-refractivity contribution in [1.82, 2.24) is 4.90 Å². The van der Waals surface area contributed by atoms with Crippen molar-refractivity contribution in [2.75, 3.05) is 13.1 Å². The first-order valence-corrected chi connectivity index (χ1v) is 7.76. The molecule has 0 bridgehead atoms. The number of carbonyl (C=O) groups excluding carboxylic acids is 1. The maximum Gasteiger partial charge on any atom is 0.156 e. The van der Waals surface area contributed by atoms with Crippen LogP contribution < -0.4 is 0 Å². The fraction of sp³-hybridized carbons (Fsp3) is 0.611. The number of carbonyl (C=O) groups is 1. The van der Waals surface area contributed by atoms with E-state index < -0.39 is 0 Å². The van der Waals surface area contributed by atoms with Crippen LogP contribution in [0.25, 0.3) is 0 Å². The SMILES string of the molecule is Cc1ccc(C)c(CC(=O)C(C)(C)N2CCCCC2)c1. The molecule has 1 aliphatic heterocycles. The molecule has 2 rings (SSSR count). The Morgan fingerprint density at radius 1 is 1.15 bits per heavy atom. The van der Waals surface area contributed by atoms with Crippen LogP contribution in [0.4, 0.5) is 0 Å². The van der Waals surface area contributed by atoms with E-state index in [0.29, 0.717) is 12.2 Å². The predicted molar refractivity (Wildman–Crippen MR) is 84.1 cm³/mol. The van der Waals surface area contributed by atoms with Gasteiger partial charge < -0.3 is 0 Å². The Balaban J connectivity index is 2.11. The largest absolute Gasteiger partial charge is 0.297 e. The van der Waals surface area contributed by atoms with Crippen molar-refractivity contribution < 1.29 is 4.79 Å². The smallest absolute Gasteiger partial charge is 0.156 e. The summed E-state index contributed by atoms with van der Waals surface area (Å²) in [7, 11) is 0. The number of nitrogens with zero attached hydrogens (tertiary/aromatic N) is 1. The standard InChI is InChI=1S/C18H27NO/c1-14-8-9-15(2)16(12-14)13-17(20)18(3,4)19-10-6-5-7-11-19/h8-9,12H,5-7,10-11,13H2,1-4H3. The van der Waals surface area contributed by atoms with Gasteiger partial charge in [0.1, 0.15) is 0 Å². The van der Waals surface area contributed by atoms with Crippen molar-refractivity contribution in [3.8, 4) is 0 Å². The Labute approximate surface area is 123 Å². The Morgan fingerprint density at radius 2 is 1.80 bits per heavy atom. The van der Waals surface area contributed by atoms with Crippen molar-refractivity contribution in [2.24, 2.45) is 0 Å². The zero-order chi connectivity index (χ0) is 14.8. The third kappa shape index (κ3) is 3.29. The van der Waals surface area contributed by atoms with Crippen molar-refractivity contribution in [3.63, 3.8) is 0 Å². The van der Waals surface area contributed by atoms with Gasteiger partial charge in [0.2, 0.25) is 0 Å². The Bertz CT molecular complexity index is 484. The first-order valence-electron chi connectivity index (χ1n) is 7.76. The number of rotatable bonds is 4. The summed E-state index contributed by atoms with van der Waals surface area (Å²) >= 11 is 0. The zero-order valence-electron chi connectivity index (χ0n) is 13.3. The quantitative estimate of drug-likeness (QED) is 0.834. The number of aryl methyl sites for hydroxylation is 2. The molecule has 110 valence electrons. The second-order valence-corrected chi connectivity index (χ2v) is 6.64. The number of hydrogen-bond acceptors (Lipinski definition) is 2. The van der Waals surface area contributed by atoms with Gasteiger partial charge in [0.05, 0.1) is 5.54 Å². The Hall–Kier alpha value is -1.15. The van der Waals surface area contributed by atoms with Crippen LogP contribution in [0.15, 0.2) is 18.2 Å². The van der Waals surface area contributed by atoms with Crippen molar-refractivity contribution in [1.29, 1.82) is 0 Å². The Morgan fingerprint density at radius 3 is 2.45 bits per heavy atom. The molecule has 0 aromatic heterocycles. The highest BCUT2D eigenvalue weighted by molar-refractivity contribution is 5.89. The number of benzene rings is 1. The van der Waals surface area contributed by atoms with E-state index in [1.807, 2.05) is 0 Å². The van der Waals surface area contributed by atoms with Crippen LogP contribution in [0, 0.1) is 13.8 Å². The van der Waals surface area contributed by atoms with Crippen molar-refractivity contribution in [2.45, 2.75) is 58.9 Å². The minimum atomic E-state index is -0.337. The third-order valence-electron chi connectivity index (χ3n) is 4.68. The normalized spacial score (nSPS) is 17.2. The van der Waals surface area contributed by atoms with Gasteiger partial charge in [-0.25, -0.2) is 0 Å². The van der Waals surface area contributed by atoms with Crippen LogP contribution in [0.1, 0.15) is 49.8 Å². The summed E-state index contributed by atoms with van der Waals surface area (Å²) in [5.74, 6) is 0.341. The molecule has 0 radical (unpaired) electrons. The summed E-state index contributed by atoms with van der Waals surface area (Å²) in [4.78, 5) is 15.1. The lowest BCUT2D eigenvalue weighted by molar-refractivity contribution is -0.129. The highest BCUT2D eigenvalue weighted by Crippen LogP contribution is 2.24. The lowest BCUT2D eigenvalue weighted by Crippen LogP contribution is -2.52. The summed E-state index contributed by atoms with van der Waals surface area (Å²) in [5, 5.41) is 0. The molecular weight excluding hydrogens is 246 g/mol. The number of piperidine rings is 1. The molecule has 0 N–H and O–H groups in total. The first kappa shape index (κ1) is 15.2. The fourth-order valence-electron chi connectivity index (χ4n) is 3.01. The second-order valence-electron chi connectivity index (χ2n) is 6.64. The molecule has 20 heavy (non-hydrogen) atoms. The minimum absolute atomic E-state index is 0.337. The molecule has 0 unspecified atom stereocenters. The number of ketones is 1. The van der Waals surface area contributed by atoms with Gasteiger partial charge in [0.25, 0.3) is 0 Å². The molecule has 0 aliphatic carbocycles. The summed E-state index contributed by atoms with van der Waals surface area (Å²) < 4.78 is 0. The molecule has 0 atom stereocenters. The van der Waals surface area contributed by atoms with Gasteiger partial charge in [-0.05, 0) is 64.8 Å². The fourth-order valence-corrected chi connectivity index (χ4v) is 3.01. The summed E-state index contributed by atoms with van der Waals surface area (Å²) in [6, 6.07) is 6.38. The number of Topliss-reactive ketones (excluding diaryl/α,β-unsaturated/α-hetero) is 1. The number of likely N-dealkylation sites (tertiary alicyclic amines) is 1. The number of hydrogen-bond donors (Lipinski definition) is 0. The van der Waals surface area contributed by atoms with Gasteiger partial charge >= 0.3 is 0 Å². The molecule has 1 aromatic rings.